The van der Waals surface area contributed by atoms with Crippen LogP contribution in [0.1, 0.15) is 38.7 Å². The van der Waals surface area contributed by atoms with Gasteiger partial charge in [0.15, 0.2) is 0 Å². The minimum absolute atomic E-state index is 0.00217. The first-order chi connectivity index (χ1) is 10.1. The Morgan fingerprint density at radius 2 is 2.00 bits per heavy atom. The van der Waals surface area contributed by atoms with Gasteiger partial charge in [-0.2, -0.15) is 0 Å². The molecule has 0 spiro atoms. The summed E-state index contributed by atoms with van der Waals surface area (Å²) in [7, 11) is 0. The highest BCUT2D eigenvalue weighted by molar-refractivity contribution is 5.68. The molecule has 116 valence electrons. The van der Waals surface area contributed by atoms with Crippen LogP contribution in [0.5, 0.6) is 0 Å². The summed E-state index contributed by atoms with van der Waals surface area (Å²) in [4.78, 5) is 14.0. The van der Waals surface area contributed by atoms with E-state index in [1.54, 1.807) is 4.90 Å². The molecular formula is C17H25NO3. The number of benzene rings is 1. The van der Waals surface area contributed by atoms with Gasteiger partial charge in [0.1, 0.15) is 6.61 Å². The van der Waals surface area contributed by atoms with Gasteiger partial charge in [-0.25, -0.2) is 4.79 Å². The molecule has 1 unspecified atom stereocenters. The van der Waals surface area contributed by atoms with Crippen LogP contribution in [0.4, 0.5) is 4.79 Å². The van der Waals surface area contributed by atoms with Crippen molar-refractivity contribution < 1.29 is 14.6 Å². The molecule has 1 aromatic carbocycles. The Kier molecular flexibility index (Phi) is 5.23. The van der Waals surface area contributed by atoms with Gasteiger partial charge in [-0.15, -0.1) is 0 Å². The van der Waals surface area contributed by atoms with Crippen LogP contribution in [-0.4, -0.2) is 35.3 Å². The molecule has 0 aromatic heterocycles. The summed E-state index contributed by atoms with van der Waals surface area (Å²) in [6, 6.07) is 9.54. The summed E-state index contributed by atoms with van der Waals surface area (Å²) in [6.45, 7) is 5.26. The highest BCUT2D eigenvalue weighted by atomic mass is 16.6. The summed E-state index contributed by atoms with van der Waals surface area (Å²) >= 11 is 0. The Labute approximate surface area is 126 Å². The molecule has 4 nitrogen and oxygen atoms in total. The van der Waals surface area contributed by atoms with Crippen LogP contribution in [0.3, 0.4) is 0 Å². The van der Waals surface area contributed by atoms with Crippen LogP contribution < -0.4 is 0 Å². The third kappa shape index (κ3) is 3.56. The van der Waals surface area contributed by atoms with Crippen molar-refractivity contribution in [2.24, 2.45) is 5.41 Å². The van der Waals surface area contributed by atoms with Crippen molar-refractivity contribution in [3.05, 3.63) is 35.9 Å². The van der Waals surface area contributed by atoms with Crippen molar-refractivity contribution in [2.45, 2.75) is 45.8 Å². The van der Waals surface area contributed by atoms with Crippen LogP contribution in [-0.2, 0) is 11.3 Å². The molecule has 0 aliphatic carbocycles. The number of ether oxygens (including phenoxy) is 1. The zero-order valence-corrected chi connectivity index (χ0v) is 12.9. The number of carbonyl (C=O) groups excluding carboxylic acids is 1. The summed E-state index contributed by atoms with van der Waals surface area (Å²) in [5, 5.41) is 9.54. The topological polar surface area (TPSA) is 49.8 Å². The standard InChI is InChI=1S/C17H25NO3/c1-3-17(4-2)10-15(11-19)18(13-17)16(20)21-12-14-8-6-5-7-9-14/h5-9,15,19H,3-4,10-13H2,1-2H3. The van der Waals surface area contributed by atoms with E-state index in [1.807, 2.05) is 30.3 Å². The smallest absolute Gasteiger partial charge is 0.410 e. The maximum atomic E-state index is 12.3. The van der Waals surface area contributed by atoms with Crippen LogP contribution in [0, 0.1) is 5.41 Å². The Balaban J connectivity index is 1.97. The molecule has 1 atom stereocenters. The molecule has 4 heteroatoms. The van der Waals surface area contributed by atoms with Crippen LogP contribution >= 0.6 is 0 Å². The predicted octanol–water partition coefficient (Wildman–Crippen LogP) is 3.20. The van der Waals surface area contributed by atoms with Gasteiger partial charge in [-0.1, -0.05) is 44.2 Å². The van der Waals surface area contributed by atoms with E-state index in [4.69, 9.17) is 4.74 Å². The number of carbonyl (C=O) groups is 1. The first-order valence-corrected chi connectivity index (χ1v) is 7.72. The van der Waals surface area contributed by atoms with E-state index in [1.165, 1.54) is 0 Å². The Bertz CT molecular complexity index is 456. The average molecular weight is 291 g/mol. The van der Waals surface area contributed by atoms with E-state index in [0.717, 1.165) is 24.8 Å². The lowest BCUT2D eigenvalue weighted by Gasteiger charge is -2.26. The molecule has 1 N–H and O–H groups in total. The summed E-state index contributed by atoms with van der Waals surface area (Å²) in [6.07, 6.45) is 2.57. The first-order valence-electron chi connectivity index (χ1n) is 7.72. The van der Waals surface area contributed by atoms with Gasteiger partial charge in [0.05, 0.1) is 12.6 Å². The largest absolute Gasteiger partial charge is 0.445 e. The molecule has 0 radical (unpaired) electrons. The van der Waals surface area contributed by atoms with Crippen molar-refractivity contribution in [3.8, 4) is 0 Å². The third-order valence-corrected chi connectivity index (χ3v) is 4.77. The molecule has 2 rings (SSSR count). The molecule has 21 heavy (non-hydrogen) atoms. The van der Waals surface area contributed by atoms with E-state index >= 15 is 0 Å². The summed E-state index contributed by atoms with van der Waals surface area (Å²) in [5.74, 6) is 0. The fourth-order valence-corrected chi connectivity index (χ4v) is 3.11. The van der Waals surface area contributed by atoms with Crippen molar-refractivity contribution in [3.63, 3.8) is 0 Å². The molecule has 1 aliphatic rings. The van der Waals surface area contributed by atoms with E-state index in [0.29, 0.717) is 6.54 Å². The number of rotatable bonds is 5. The summed E-state index contributed by atoms with van der Waals surface area (Å²) < 4.78 is 5.40. The number of aliphatic hydroxyl groups is 1. The predicted molar refractivity (Wildman–Crippen MR) is 81.8 cm³/mol. The van der Waals surface area contributed by atoms with E-state index in [-0.39, 0.29) is 30.8 Å². The average Bonchev–Trinajstić information content (AvgIpc) is 2.93. The minimum Gasteiger partial charge on any atom is -0.445 e. The van der Waals surface area contributed by atoms with E-state index in [2.05, 4.69) is 13.8 Å². The molecule has 1 amide bonds. The number of nitrogens with zero attached hydrogens (tertiary/aromatic N) is 1. The van der Waals surface area contributed by atoms with Gasteiger partial charge >= 0.3 is 6.09 Å². The van der Waals surface area contributed by atoms with E-state index < -0.39 is 0 Å². The molecule has 0 bridgehead atoms. The number of likely N-dealkylation sites (tertiary alicyclic amines) is 1. The van der Waals surface area contributed by atoms with Crippen molar-refractivity contribution in [1.82, 2.24) is 4.90 Å². The zero-order chi connectivity index (χ0) is 15.3. The Morgan fingerprint density at radius 3 is 2.57 bits per heavy atom. The maximum Gasteiger partial charge on any atom is 0.410 e. The minimum atomic E-state index is -0.318. The van der Waals surface area contributed by atoms with Crippen LogP contribution in [0.15, 0.2) is 30.3 Å². The molecule has 1 aromatic rings. The highest BCUT2D eigenvalue weighted by Crippen LogP contribution is 2.40. The number of aliphatic hydroxyl groups excluding tert-OH is 1. The van der Waals surface area contributed by atoms with Crippen LogP contribution in [0.2, 0.25) is 0 Å². The van der Waals surface area contributed by atoms with Crippen molar-refractivity contribution in [1.29, 1.82) is 0 Å². The highest BCUT2D eigenvalue weighted by Gasteiger charge is 2.43. The quantitative estimate of drug-likeness (QED) is 0.906. The van der Waals surface area contributed by atoms with Gasteiger partial charge < -0.3 is 14.7 Å². The number of amides is 1. The second kappa shape index (κ2) is 6.94. The molecule has 1 aliphatic heterocycles. The summed E-state index contributed by atoms with van der Waals surface area (Å²) in [5.41, 5.74) is 1.10. The second-order valence-electron chi connectivity index (χ2n) is 5.92. The van der Waals surface area contributed by atoms with Crippen LogP contribution in [0.25, 0.3) is 0 Å². The molecule has 1 saturated heterocycles. The Hall–Kier alpha value is -1.55. The SMILES string of the molecule is CCC1(CC)CC(CO)N(C(=O)OCc2ccccc2)C1. The molecule has 0 saturated carbocycles. The van der Waals surface area contributed by atoms with Gasteiger partial charge in [-0.05, 0) is 30.2 Å². The monoisotopic (exact) mass is 291 g/mol. The van der Waals surface area contributed by atoms with Gasteiger partial charge in [0.2, 0.25) is 0 Å². The van der Waals surface area contributed by atoms with Crippen molar-refractivity contribution in [2.75, 3.05) is 13.2 Å². The maximum absolute atomic E-state index is 12.3. The lowest BCUT2D eigenvalue weighted by Crippen LogP contribution is -2.38. The lowest BCUT2D eigenvalue weighted by atomic mass is 9.80. The lowest BCUT2D eigenvalue weighted by molar-refractivity contribution is 0.0776. The molecule has 1 fully saturated rings. The fraction of sp³-hybridized carbons (Fsp3) is 0.588. The molecular weight excluding hydrogens is 266 g/mol. The zero-order valence-electron chi connectivity index (χ0n) is 12.9. The first kappa shape index (κ1) is 15.8. The molecule has 1 heterocycles. The van der Waals surface area contributed by atoms with Crippen molar-refractivity contribution >= 4 is 6.09 Å². The second-order valence-corrected chi connectivity index (χ2v) is 5.92. The number of hydrogen-bond acceptors (Lipinski definition) is 3. The van der Waals surface area contributed by atoms with E-state index in [9.17, 15) is 9.90 Å². The third-order valence-electron chi connectivity index (χ3n) is 4.77. The normalized spacial score (nSPS) is 20.5. The Morgan fingerprint density at radius 1 is 1.33 bits per heavy atom. The van der Waals surface area contributed by atoms with Gasteiger partial charge in [0, 0.05) is 6.54 Å². The number of hydrogen-bond donors (Lipinski definition) is 1. The van der Waals surface area contributed by atoms with Gasteiger partial charge in [0.25, 0.3) is 0 Å². The fourth-order valence-electron chi connectivity index (χ4n) is 3.11. The van der Waals surface area contributed by atoms with Gasteiger partial charge in [-0.3, -0.25) is 0 Å².